The number of likely N-dealkylation sites (N-methyl/N-ethyl adjacent to an activating group) is 1. The molecule has 0 bridgehead atoms. The average Bonchev–Trinajstić information content (AvgIpc) is 2.63. The third-order valence-corrected chi connectivity index (χ3v) is 4.10. The van der Waals surface area contributed by atoms with Crippen molar-refractivity contribution in [2.24, 2.45) is 0 Å². The van der Waals surface area contributed by atoms with Crippen molar-refractivity contribution in [1.82, 2.24) is 15.2 Å². The number of hydrogen-bond acceptors (Lipinski definition) is 4. The van der Waals surface area contributed by atoms with Crippen LogP contribution < -0.4 is 5.32 Å². The molecule has 3 rings (SSSR count). The fourth-order valence-electron chi connectivity index (χ4n) is 2.77. The van der Waals surface area contributed by atoms with Gasteiger partial charge >= 0.3 is 0 Å². The Morgan fingerprint density at radius 3 is 2.67 bits per heavy atom. The summed E-state index contributed by atoms with van der Waals surface area (Å²) in [4.78, 5) is 30.1. The number of morpholine rings is 1. The van der Waals surface area contributed by atoms with Crippen molar-refractivity contribution < 1.29 is 14.3 Å². The van der Waals surface area contributed by atoms with Gasteiger partial charge in [-0.1, -0.05) is 30.3 Å². The number of carbonyl (C=O) groups excluding carboxylic acids is 2. The minimum atomic E-state index is -0.739. The van der Waals surface area contributed by atoms with Crippen molar-refractivity contribution in [3.8, 4) is 0 Å². The van der Waals surface area contributed by atoms with Crippen LogP contribution in [0.4, 0.5) is 0 Å². The first-order chi connectivity index (χ1) is 11.7. The van der Waals surface area contributed by atoms with E-state index in [4.69, 9.17) is 4.74 Å². The zero-order valence-corrected chi connectivity index (χ0v) is 13.4. The van der Waals surface area contributed by atoms with E-state index in [-0.39, 0.29) is 18.4 Å². The van der Waals surface area contributed by atoms with Crippen LogP contribution in [0.1, 0.15) is 17.2 Å². The number of rotatable bonds is 4. The maximum Gasteiger partial charge on any atom is 0.251 e. The summed E-state index contributed by atoms with van der Waals surface area (Å²) in [5, 5.41) is 2.87. The van der Waals surface area contributed by atoms with Gasteiger partial charge in [-0.2, -0.15) is 0 Å². The highest BCUT2D eigenvalue weighted by Gasteiger charge is 2.39. The van der Waals surface area contributed by atoms with Crippen molar-refractivity contribution >= 4 is 11.8 Å². The molecule has 0 spiro atoms. The first-order valence-electron chi connectivity index (χ1n) is 7.75. The molecule has 0 unspecified atom stereocenters. The molecular weight excluding hydrogens is 306 g/mol. The van der Waals surface area contributed by atoms with Gasteiger partial charge in [0.15, 0.2) is 6.10 Å². The maximum atomic E-state index is 12.6. The molecule has 1 aromatic carbocycles. The van der Waals surface area contributed by atoms with E-state index in [0.717, 1.165) is 11.1 Å². The second-order valence-corrected chi connectivity index (χ2v) is 5.67. The van der Waals surface area contributed by atoms with E-state index < -0.39 is 12.1 Å². The molecule has 1 aliphatic heterocycles. The molecule has 2 aromatic rings. The molecule has 6 nitrogen and oxygen atoms in total. The molecule has 0 radical (unpaired) electrons. The van der Waals surface area contributed by atoms with Crippen molar-refractivity contribution in [1.29, 1.82) is 0 Å². The molecule has 0 saturated carbocycles. The van der Waals surface area contributed by atoms with Crippen LogP contribution in [-0.2, 0) is 20.9 Å². The number of hydrogen-bond donors (Lipinski definition) is 1. The third kappa shape index (κ3) is 3.44. The zero-order chi connectivity index (χ0) is 16.9. The van der Waals surface area contributed by atoms with E-state index in [0.29, 0.717) is 6.54 Å². The van der Waals surface area contributed by atoms with Gasteiger partial charge in [-0.05, 0) is 23.3 Å². The second-order valence-electron chi connectivity index (χ2n) is 5.67. The van der Waals surface area contributed by atoms with Gasteiger partial charge < -0.3 is 15.0 Å². The van der Waals surface area contributed by atoms with E-state index in [1.165, 1.54) is 0 Å². The third-order valence-electron chi connectivity index (χ3n) is 4.10. The number of benzene rings is 1. The molecule has 124 valence electrons. The number of amides is 2. The summed E-state index contributed by atoms with van der Waals surface area (Å²) in [6.45, 7) is 0.299. The summed E-state index contributed by atoms with van der Waals surface area (Å²) in [5.74, 6) is -0.373. The van der Waals surface area contributed by atoms with Gasteiger partial charge in [0.1, 0.15) is 6.61 Å². The molecule has 2 heterocycles. The van der Waals surface area contributed by atoms with Crippen molar-refractivity contribution in [2.75, 3.05) is 13.7 Å². The van der Waals surface area contributed by atoms with Crippen LogP contribution in [0.3, 0.4) is 0 Å². The molecule has 1 saturated heterocycles. The van der Waals surface area contributed by atoms with Crippen LogP contribution in [0.15, 0.2) is 54.9 Å². The highest BCUT2D eigenvalue weighted by Crippen LogP contribution is 2.29. The molecule has 24 heavy (non-hydrogen) atoms. The average molecular weight is 325 g/mol. The Hall–Kier alpha value is -2.73. The lowest BCUT2D eigenvalue weighted by atomic mass is 9.97. The van der Waals surface area contributed by atoms with E-state index in [1.807, 2.05) is 42.5 Å². The highest BCUT2D eigenvalue weighted by molar-refractivity contribution is 5.86. The first kappa shape index (κ1) is 16.1. The molecule has 0 aliphatic carbocycles. The fraction of sp³-hybridized carbons (Fsp3) is 0.278. The van der Waals surface area contributed by atoms with Crippen LogP contribution in [0.2, 0.25) is 0 Å². The fourth-order valence-corrected chi connectivity index (χ4v) is 2.77. The standard InChI is InChI=1S/C18H19N3O3/c1-21-15(22)12-24-17(16(21)14-5-3-2-4-6-14)18(23)20-11-13-7-9-19-10-8-13/h2-10,16-17H,11-12H2,1H3,(H,20,23)/t16-,17-/m1/s1. The summed E-state index contributed by atoms with van der Waals surface area (Å²) >= 11 is 0. The lowest BCUT2D eigenvalue weighted by Crippen LogP contribution is -2.52. The molecule has 1 fully saturated rings. The van der Waals surface area contributed by atoms with E-state index in [9.17, 15) is 9.59 Å². The molecule has 1 N–H and O–H groups in total. The minimum Gasteiger partial charge on any atom is -0.356 e. The molecule has 1 aromatic heterocycles. The summed E-state index contributed by atoms with van der Waals surface area (Å²) in [5.41, 5.74) is 1.83. The molecule has 2 amide bonds. The van der Waals surface area contributed by atoms with Crippen LogP contribution in [-0.4, -0.2) is 41.5 Å². The number of aromatic nitrogens is 1. The van der Waals surface area contributed by atoms with Crippen LogP contribution in [0, 0.1) is 0 Å². The van der Waals surface area contributed by atoms with E-state index in [2.05, 4.69) is 10.3 Å². The minimum absolute atomic E-state index is 0.0901. The Morgan fingerprint density at radius 2 is 1.96 bits per heavy atom. The van der Waals surface area contributed by atoms with E-state index >= 15 is 0 Å². The number of carbonyl (C=O) groups is 2. The lowest BCUT2D eigenvalue weighted by Gasteiger charge is -2.38. The van der Waals surface area contributed by atoms with Crippen molar-refractivity contribution in [3.63, 3.8) is 0 Å². The SMILES string of the molecule is CN1C(=O)CO[C@@H](C(=O)NCc2ccncc2)[C@H]1c1ccccc1. The summed E-state index contributed by atoms with van der Waals surface area (Å²) in [6.07, 6.45) is 2.62. The van der Waals surface area contributed by atoms with Crippen molar-refractivity contribution in [2.45, 2.75) is 18.7 Å². The van der Waals surface area contributed by atoms with E-state index in [1.54, 1.807) is 24.3 Å². The molecule has 1 aliphatic rings. The first-order valence-corrected chi connectivity index (χ1v) is 7.75. The van der Waals surface area contributed by atoms with Gasteiger partial charge in [-0.25, -0.2) is 0 Å². The van der Waals surface area contributed by atoms with Crippen LogP contribution >= 0.6 is 0 Å². The Morgan fingerprint density at radius 1 is 1.25 bits per heavy atom. The maximum absolute atomic E-state index is 12.6. The Bertz CT molecular complexity index is 706. The zero-order valence-electron chi connectivity index (χ0n) is 13.4. The Labute approximate surface area is 140 Å². The van der Waals surface area contributed by atoms with Crippen molar-refractivity contribution in [3.05, 3.63) is 66.0 Å². The summed E-state index contributed by atoms with van der Waals surface area (Å²) < 4.78 is 5.56. The van der Waals surface area contributed by atoms with Gasteiger partial charge in [0.2, 0.25) is 5.91 Å². The Kier molecular flexibility index (Phi) is 4.86. The quantitative estimate of drug-likeness (QED) is 0.920. The normalized spacial score (nSPS) is 20.7. The Balaban J connectivity index is 1.76. The number of pyridine rings is 1. The number of ether oxygens (including phenoxy) is 1. The van der Waals surface area contributed by atoms with Crippen LogP contribution in [0.25, 0.3) is 0 Å². The molecule has 2 atom stereocenters. The summed E-state index contributed by atoms with van der Waals surface area (Å²) in [7, 11) is 1.70. The number of nitrogens with one attached hydrogen (secondary N) is 1. The summed E-state index contributed by atoms with van der Waals surface area (Å²) in [6, 6.07) is 12.7. The van der Waals surface area contributed by atoms with Crippen LogP contribution in [0.5, 0.6) is 0 Å². The van der Waals surface area contributed by atoms with Gasteiger partial charge in [0.05, 0.1) is 6.04 Å². The smallest absolute Gasteiger partial charge is 0.251 e. The second kappa shape index (κ2) is 7.23. The van der Waals surface area contributed by atoms with Gasteiger partial charge in [-0.3, -0.25) is 14.6 Å². The predicted octanol–water partition coefficient (Wildman–Crippen LogP) is 1.30. The van der Waals surface area contributed by atoms with Gasteiger partial charge in [0.25, 0.3) is 5.91 Å². The monoisotopic (exact) mass is 325 g/mol. The van der Waals surface area contributed by atoms with Gasteiger partial charge in [0, 0.05) is 26.0 Å². The molecular formula is C18H19N3O3. The largest absolute Gasteiger partial charge is 0.356 e. The number of nitrogens with zero attached hydrogens (tertiary/aromatic N) is 2. The van der Waals surface area contributed by atoms with Gasteiger partial charge in [-0.15, -0.1) is 0 Å². The highest BCUT2D eigenvalue weighted by atomic mass is 16.5. The predicted molar refractivity (Wildman–Crippen MR) is 87.8 cm³/mol. The lowest BCUT2D eigenvalue weighted by molar-refractivity contribution is -0.162. The topological polar surface area (TPSA) is 71.5 Å². The molecule has 6 heteroatoms.